The van der Waals surface area contributed by atoms with E-state index in [9.17, 15) is 13.2 Å². The van der Waals surface area contributed by atoms with Crippen LogP contribution in [-0.2, 0) is 20.4 Å². The van der Waals surface area contributed by atoms with Gasteiger partial charge in [0, 0.05) is 6.07 Å². The highest BCUT2D eigenvalue weighted by molar-refractivity contribution is 7.89. The number of hydrogen-bond acceptors (Lipinski definition) is 5. The molecule has 1 N–H and O–H groups in total. The van der Waals surface area contributed by atoms with Crippen molar-refractivity contribution in [2.45, 2.75) is 17.4 Å². The highest BCUT2D eigenvalue weighted by atomic mass is 32.2. The summed E-state index contributed by atoms with van der Waals surface area (Å²) in [5, 5.41) is 0. The van der Waals surface area contributed by atoms with Crippen molar-refractivity contribution in [1.29, 1.82) is 0 Å². The fourth-order valence-electron chi connectivity index (χ4n) is 2.26. The van der Waals surface area contributed by atoms with Gasteiger partial charge in [-0.3, -0.25) is 0 Å². The van der Waals surface area contributed by atoms with Crippen LogP contribution >= 0.6 is 0 Å². The maximum absolute atomic E-state index is 12.7. The van der Waals surface area contributed by atoms with E-state index in [-0.39, 0.29) is 10.6 Å². The van der Waals surface area contributed by atoms with Gasteiger partial charge in [0.2, 0.25) is 10.0 Å². The van der Waals surface area contributed by atoms with Crippen LogP contribution in [0.25, 0.3) is 0 Å². The zero-order valence-electron chi connectivity index (χ0n) is 13.6. The molecule has 24 heavy (non-hydrogen) atoms. The smallest absolute Gasteiger partial charge is 0.241 e. The van der Waals surface area contributed by atoms with Crippen LogP contribution < -0.4 is 14.2 Å². The summed E-state index contributed by atoms with van der Waals surface area (Å²) in [6, 6.07) is 12.9. The second kappa shape index (κ2) is 7.02. The molecular formula is C17H19NO5S. The largest absolute Gasteiger partial charge is 0.493 e. The van der Waals surface area contributed by atoms with Crippen molar-refractivity contribution >= 4 is 16.3 Å². The number of nitrogens with one attached hydrogen (secondary N) is 1. The van der Waals surface area contributed by atoms with E-state index in [0.29, 0.717) is 17.6 Å². The van der Waals surface area contributed by atoms with Gasteiger partial charge in [-0.05, 0) is 24.6 Å². The summed E-state index contributed by atoms with van der Waals surface area (Å²) in [5.41, 5.74) is -0.836. The lowest BCUT2D eigenvalue weighted by Crippen LogP contribution is -2.44. The molecule has 2 aromatic rings. The Hall–Kier alpha value is -2.38. The maximum atomic E-state index is 12.7. The molecule has 0 saturated heterocycles. The highest BCUT2D eigenvalue weighted by Gasteiger charge is 2.32. The van der Waals surface area contributed by atoms with Gasteiger partial charge in [-0.25, -0.2) is 8.42 Å². The van der Waals surface area contributed by atoms with Crippen LogP contribution in [0.5, 0.6) is 11.5 Å². The Kier molecular flexibility index (Phi) is 5.26. The van der Waals surface area contributed by atoms with E-state index in [1.807, 2.05) is 0 Å². The molecule has 1 unspecified atom stereocenters. The van der Waals surface area contributed by atoms with Crippen molar-refractivity contribution in [3.63, 3.8) is 0 Å². The molecule has 0 radical (unpaired) electrons. The molecule has 0 aromatic heterocycles. The average molecular weight is 349 g/mol. The van der Waals surface area contributed by atoms with E-state index in [1.165, 1.54) is 39.3 Å². The van der Waals surface area contributed by atoms with Crippen LogP contribution in [0.4, 0.5) is 0 Å². The third-order valence-electron chi connectivity index (χ3n) is 3.62. The summed E-state index contributed by atoms with van der Waals surface area (Å²) >= 11 is 0. The zero-order valence-corrected chi connectivity index (χ0v) is 14.5. The summed E-state index contributed by atoms with van der Waals surface area (Å²) in [6.07, 6.45) is 0.570. The van der Waals surface area contributed by atoms with E-state index >= 15 is 0 Å². The number of ether oxygens (including phenoxy) is 2. The van der Waals surface area contributed by atoms with Crippen LogP contribution in [0.3, 0.4) is 0 Å². The summed E-state index contributed by atoms with van der Waals surface area (Å²) in [5.74, 6) is 0.700. The monoisotopic (exact) mass is 349 g/mol. The lowest BCUT2D eigenvalue weighted by molar-refractivity contribution is -0.112. The molecule has 7 heteroatoms. The van der Waals surface area contributed by atoms with Crippen molar-refractivity contribution in [2.75, 3.05) is 14.2 Å². The number of methoxy groups -OCH3 is 2. The second-order valence-corrected chi connectivity index (χ2v) is 6.99. The van der Waals surface area contributed by atoms with Gasteiger partial charge in [-0.2, -0.15) is 4.72 Å². The number of carbonyl (C=O) groups excluding carboxylic acids is 1. The highest BCUT2D eigenvalue weighted by Crippen LogP contribution is 2.30. The van der Waals surface area contributed by atoms with E-state index < -0.39 is 15.6 Å². The number of benzene rings is 2. The molecule has 0 heterocycles. The molecule has 0 saturated carbocycles. The number of hydrogen-bond donors (Lipinski definition) is 1. The quantitative estimate of drug-likeness (QED) is 0.774. The van der Waals surface area contributed by atoms with Crippen molar-refractivity contribution in [3.8, 4) is 11.5 Å². The minimum Gasteiger partial charge on any atom is -0.493 e. The first-order valence-corrected chi connectivity index (χ1v) is 8.62. The van der Waals surface area contributed by atoms with Crippen LogP contribution in [0.2, 0.25) is 0 Å². The van der Waals surface area contributed by atoms with Crippen molar-refractivity contribution < 1.29 is 22.7 Å². The third kappa shape index (κ3) is 3.58. The zero-order chi connectivity index (χ0) is 17.8. The molecule has 128 valence electrons. The van der Waals surface area contributed by atoms with E-state index in [4.69, 9.17) is 9.47 Å². The normalized spacial score (nSPS) is 13.8. The third-order valence-corrected chi connectivity index (χ3v) is 5.19. The Bertz CT molecular complexity index is 820. The fraction of sp³-hybridized carbons (Fsp3) is 0.235. The molecule has 2 rings (SSSR count). The van der Waals surface area contributed by atoms with Gasteiger partial charge in [-0.15, -0.1) is 0 Å². The van der Waals surface area contributed by atoms with Gasteiger partial charge in [0.1, 0.15) is 11.8 Å². The standard InChI is InChI=1S/C17H19NO5S/c1-17(12-19,13-7-5-4-6-8-13)18-24(20,21)14-9-10-15(22-2)16(11-14)23-3/h4-12,18H,1-3H3. The van der Waals surface area contributed by atoms with Gasteiger partial charge in [-0.1, -0.05) is 30.3 Å². The minimum absolute atomic E-state index is 0.0239. The molecule has 0 aliphatic carbocycles. The molecule has 0 aliphatic rings. The van der Waals surface area contributed by atoms with Crippen LogP contribution in [0, 0.1) is 0 Å². The van der Waals surface area contributed by atoms with E-state index in [2.05, 4.69) is 4.72 Å². The van der Waals surface area contributed by atoms with Gasteiger partial charge < -0.3 is 14.3 Å². The fourth-order valence-corrected chi connectivity index (χ4v) is 3.61. The lowest BCUT2D eigenvalue weighted by atomic mass is 9.95. The van der Waals surface area contributed by atoms with Gasteiger partial charge in [0.15, 0.2) is 11.5 Å². The topological polar surface area (TPSA) is 81.7 Å². The Labute approximate surface area is 141 Å². The van der Waals surface area contributed by atoms with Crippen LogP contribution in [0.15, 0.2) is 53.4 Å². The first-order chi connectivity index (χ1) is 11.4. The lowest BCUT2D eigenvalue weighted by Gasteiger charge is -2.25. The SMILES string of the molecule is COc1ccc(S(=O)(=O)NC(C)(C=O)c2ccccc2)cc1OC. The van der Waals surface area contributed by atoms with Crippen molar-refractivity contribution in [2.24, 2.45) is 0 Å². The van der Waals surface area contributed by atoms with Crippen molar-refractivity contribution in [1.82, 2.24) is 4.72 Å². The minimum atomic E-state index is -3.95. The van der Waals surface area contributed by atoms with Gasteiger partial charge >= 0.3 is 0 Å². The Morgan fingerprint density at radius 1 is 1.00 bits per heavy atom. The summed E-state index contributed by atoms with van der Waals surface area (Å²) < 4.78 is 38.0. The molecule has 6 nitrogen and oxygen atoms in total. The number of carbonyl (C=O) groups is 1. The van der Waals surface area contributed by atoms with Crippen molar-refractivity contribution in [3.05, 3.63) is 54.1 Å². The Morgan fingerprint density at radius 3 is 2.17 bits per heavy atom. The Morgan fingerprint density at radius 2 is 1.62 bits per heavy atom. The molecular weight excluding hydrogens is 330 g/mol. The first-order valence-electron chi connectivity index (χ1n) is 7.14. The average Bonchev–Trinajstić information content (AvgIpc) is 2.61. The maximum Gasteiger partial charge on any atom is 0.241 e. The van der Waals surface area contributed by atoms with Gasteiger partial charge in [0.25, 0.3) is 0 Å². The predicted octanol–water partition coefficient (Wildman–Crippen LogP) is 2.10. The second-order valence-electron chi connectivity index (χ2n) is 5.31. The van der Waals surface area contributed by atoms with Crippen LogP contribution in [0.1, 0.15) is 12.5 Å². The molecule has 1 atom stereocenters. The predicted molar refractivity (Wildman–Crippen MR) is 89.7 cm³/mol. The molecule has 0 bridgehead atoms. The van der Waals surface area contributed by atoms with E-state index in [1.54, 1.807) is 30.3 Å². The molecule has 0 aliphatic heterocycles. The molecule has 0 spiro atoms. The van der Waals surface area contributed by atoms with Gasteiger partial charge in [0.05, 0.1) is 19.1 Å². The summed E-state index contributed by atoms with van der Waals surface area (Å²) in [6.45, 7) is 1.51. The summed E-state index contributed by atoms with van der Waals surface area (Å²) in [4.78, 5) is 11.6. The van der Waals surface area contributed by atoms with Crippen LogP contribution in [-0.4, -0.2) is 28.9 Å². The Balaban J connectivity index is 2.42. The molecule has 2 aromatic carbocycles. The number of aldehydes is 1. The number of rotatable bonds is 7. The number of sulfonamides is 1. The van der Waals surface area contributed by atoms with E-state index in [0.717, 1.165) is 0 Å². The molecule has 0 amide bonds. The first kappa shape index (κ1) is 18.0. The summed E-state index contributed by atoms with van der Waals surface area (Å²) in [7, 11) is -1.07. The molecule has 0 fully saturated rings.